The van der Waals surface area contributed by atoms with E-state index >= 15 is 0 Å². The van der Waals surface area contributed by atoms with Crippen LogP contribution in [-0.2, 0) is 19.1 Å². The molecule has 0 aromatic rings. The molecule has 0 saturated heterocycles. The molecular weight excluding hydrogens is 1030 g/mol. The molecule has 2 aliphatic carbocycles. The molecule has 0 aromatic heterocycles. The predicted octanol–water partition coefficient (Wildman–Crippen LogP) is -6.56. The average molecular weight is 1110 g/mol. The third-order valence-corrected chi connectivity index (χ3v) is 15.0. The maximum atomic E-state index is 13.4. The zero-order valence-corrected chi connectivity index (χ0v) is 43.1. The predicted molar refractivity (Wildman–Crippen MR) is 252 cm³/mol. The fraction of sp³-hybridized carbons (Fsp3) is 0.957. The Morgan fingerprint density at radius 3 is 1.12 bits per heavy atom. The molecule has 446 valence electrons. The largest absolute Gasteiger partial charge is 0.437 e. The Bertz CT molecular complexity index is 1680. The summed E-state index contributed by atoms with van der Waals surface area (Å²) in [7, 11) is 5.38. The van der Waals surface area contributed by atoms with Crippen LogP contribution < -0.4 is 0 Å². The number of hydrogen-bond acceptors (Lipinski definition) is 29. The van der Waals surface area contributed by atoms with Crippen molar-refractivity contribution in [1.82, 2.24) is 4.90 Å². The van der Waals surface area contributed by atoms with Gasteiger partial charge in [0.25, 0.3) is 52.3 Å². The lowest BCUT2D eigenvalue weighted by molar-refractivity contribution is -0.607. The van der Waals surface area contributed by atoms with Crippen LogP contribution in [0.2, 0.25) is 0 Å². The molecule has 2 rings (SSSR count). The number of ether oxygens (including phenoxy) is 2. The third-order valence-electron chi connectivity index (χ3n) is 15.0. The number of hydrogen-bond donors (Lipinski definition) is 24. The van der Waals surface area contributed by atoms with E-state index in [1.165, 1.54) is 0 Å². The Balaban J connectivity index is 2.61. The van der Waals surface area contributed by atoms with Gasteiger partial charge in [-0.15, -0.1) is 0 Å². The molecule has 29 nitrogen and oxygen atoms in total. The summed E-state index contributed by atoms with van der Waals surface area (Å²) in [5.41, 5.74) is -4.72. The summed E-state index contributed by atoms with van der Waals surface area (Å²) in [5.74, 6) is -70.4. The minimum absolute atomic E-state index is 0.0112. The zero-order valence-electron chi connectivity index (χ0n) is 43.1. The van der Waals surface area contributed by atoms with Gasteiger partial charge in [0, 0.05) is 13.2 Å². The van der Waals surface area contributed by atoms with Gasteiger partial charge >= 0.3 is 23.7 Å². The Morgan fingerprint density at radius 1 is 0.447 bits per heavy atom. The van der Waals surface area contributed by atoms with Crippen molar-refractivity contribution >= 4 is 19.8 Å². The highest BCUT2D eigenvalue weighted by molar-refractivity contribution is 6.14. The molecule has 2 aliphatic rings. The highest BCUT2D eigenvalue weighted by atomic mass is 16.8. The number of carbonyl (C=O) groups is 2. The first-order chi connectivity index (χ1) is 34.5. The standard InChI is InChI=1S/C46H86BNO28/c1-3-5-7-9-11-13-23-31(27-29-19-17-20-29)33(50)75-43(47,68)39(60,61)35(52,53)36(54,55)40(62,63)44(69,70)48(25-15-16-26-49)45(71,72)41(64,65)37(56,57)38(58,59)42(66,67)46(73,74)76-34(51)32(28-30-21-18-22-30)24-14-12-10-8-6-4-2/h29-32,49,52-74H,3-28H2,1-2H3. The Morgan fingerprint density at radius 2 is 0.776 bits per heavy atom. The highest BCUT2D eigenvalue weighted by Gasteiger charge is 2.85. The fourth-order valence-electron chi connectivity index (χ4n) is 9.07. The first-order valence-electron chi connectivity index (χ1n) is 25.8. The van der Waals surface area contributed by atoms with E-state index in [-0.39, 0.29) is 37.5 Å². The molecule has 0 aliphatic heterocycles. The van der Waals surface area contributed by atoms with Crippen molar-refractivity contribution in [2.75, 3.05) is 13.2 Å². The van der Waals surface area contributed by atoms with E-state index in [0.717, 1.165) is 64.2 Å². The fourth-order valence-corrected chi connectivity index (χ4v) is 9.07. The van der Waals surface area contributed by atoms with Crippen molar-refractivity contribution in [1.29, 1.82) is 0 Å². The Kier molecular flexibility index (Phi) is 24.7. The lowest BCUT2D eigenvalue weighted by atomic mass is 9.75. The molecule has 0 bridgehead atoms. The van der Waals surface area contributed by atoms with Crippen LogP contribution in [0.15, 0.2) is 0 Å². The molecule has 2 saturated carbocycles. The van der Waals surface area contributed by atoms with Crippen LogP contribution >= 0.6 is 0 Å². The molecular formula is C46H86BNO28. The third kappa shape index (κ3) is 14.4. The minimum Gasteiger partial charge on any atom is -0.437 e. The van der Waals surface area contributed by atoms with E-state index in [9.17, 15) is 132 Å². The van der Waals surface area contributed by atoms with Gasteiger partial charge in [-0.2, -0.15) is 4.90 Å². The van der Waals surface area contributed by atoms with Gasteiger partial charge in [-0.3, -0.25) is 9.59 Å². The normalized spacial score (nSPS) is 18.2. The molecule has 2 radical (unpaired) electrons. The quantitative estimate of drug-likeness (QED) is 0.0118. The van der Waals surface area contributed by atoms with Crippen LogP contribution in [-0.4, -0.2) is 230 Å². The molecule has 30 heteroatoms. The van der Waals surface area contributed by atoms with Crippen molar-refractivity contribution in [3.8, 4) is 0 Å². The number of unbranched alkanes of at least 4 members (excludes halogenated alkanes) is 11. The van der Waals surface area contributed by atoms with Crippen molar-refractivity contribution < 1.29 is 142 Å². The van der Waals surface area contributed by atoms with Crippen LogP contribution in [0.25, 0.3) is 0 Å². The molecule has 3 atom stereocenters. The molecule has 2 fully saturated rings. The maximum Gasteiger partial charge on any atom is 0.387 e. The number of aliphatic hydroxyl groups is 24. The van der Waals surface area contributed by atoms with E-state index in [2.05, 4.69) is 9.47 Å². The van der Waals surface area contributed by atoms with Gasteiger partial charge < -0.3 is 132 Å². The lowest BCUT2D eigenvalue weighted by Gasteiger charge is -2.58. The molecule has 76 heavy (non-hydrogen) atoms. The number of nitrogens with zero attached hydrogens (tertiary/aromatic N) is 1. The van der Waals surface area contributed by atoms with Crippen LogP contribution in [0.4, 0.5) is 0 Å². The lowest BCUT2D eigenvalue weighted by Crippen LogP contribution is -2.90. The van der Waals surface area contributed by atoms with Gasteiger partial charge in [0.1, 0.15) is 0 Å². The minimum atomic E-state index is -6.14. The molecule has 0 amide bonds. The second kappa shape index (κ2) is 26.7. The zero-order chi connectivity index (χ0) is 58.8. The SMILES string of the molecule is [B]C(O)(OC(=O)C(CCCCCCCC)CC1CCC1)C(O)(O)C(O)(O)C(O)(O)C(O)(O)C(O)(O)N(CCCCO)C(O)(O)C(O)(O)C(O)(O)C(O)(O)C(O)(O)C(O)(O)OC(=O)C(CCCCCCCC)CC1CCC1. The van der Waals surface area contributed by atoms with E-state index in [1.54, 1.807) is 0 Å². The first kappa shape index (κ1) is 70.1. The van der Waals surface area contributed by atoms with Crippen LogP contribution in [0.1, 0.15) is 168 Å². The second-order valence-electron chi connectivity index (χ2n) is 20.9. The molecule has 0 spiro atoms. The van der Waals surface area contributed by atoms with Crippen molar-refractivity contribution in [2.45, 2.75) is 238 Å². The van der Waals surface area contributed by atoms with E-state index in [1.807, 2.05) is 13.8 Å². The maximum absolute atomic E-state index is 13.4. The molecule has 0 heterocycles. The summed E-state index contributed by atoms with van der Waals surface area (Å²) in [6.07, 6.45) is 10.9. The van der Waals surface area contributed by atoms with Gasteiger partial charge in [0.15, 0.2) is 7.85 Å². The Hall–Kier alpha value is -2.00. The average Bonchev–Trinajstić information content (AvgIpc) is 3.26. The van der Waals surface area contributed by atoms with Crippen LogP contribution in [0.5, 0.6) is 0 Å². The van der Waals surface area contributed by atoms with Crippen molar-refractivity contribution in [3.05, 3.63) is 0 Å². The first-order valence-corrected chi connectivity index (χ1v) is 25.8. The number of esters is 2. The van der Waals surface area contributed by atoms with Gasteiger partial charge in [-0.05, 0) is 50.4 Å². The van der Waals surface area contributed by atoms with Gasteiger partial charge in [-0.1, -0.05) is 129 Å². The van der Waals surface area contributed by atoms with Crippen LogP contribution in [0.3, 0.4) is 0 Å². The van der Waals surface area contributed by atoms with E-state index in [4.69, 9.17) is 7.85 Å². The van der Waals surface area contributed by atoms with Crippen molar-refractivity contribution in [3.63, 3.8) is 0 Å². The molecule has 3 unspecified atom stereocenters. The van der Waals surface area contributed by atoms with Gasteiger partial charge in [0.2, 0.25) is 5.69 Å². The van der Waals surface area contributed by atoms with Crippen molar-refractivity contribution in [2.24, 2.45) is 23.7 Å². The monoisotopic (exact) mass is 1110 g/mol. The number of aliphatic hydroxyl groups excluding tert-OH is 1. The Labute approximate surface area is 440 Å². The molecule has 24 N–H and O–H groups in total. The van der Waals surface area contributed by atoms with Crippen LogP contribution in [0, 0.1) is 23.7 Å². The van der Waals surface area contributed by atoms with Gasteiger partial charge in [-0.25, -0.2) is 0 Å². The van der Waals surface area contributed by atoms with E-state index in [0.29, 0.717) is 51.4 Å². The highest BCUT2D eigenvalue weighted by Crippen LogP contribution is 2.49. The number of carbonyl (C=O) groups excluding carboxylic acids is 2. The summed E-state index contributed by atoms with van der Waals surface area (Å²) >= 11 is 0. The smallest absolute Gasteiger partial charge is 0.387 e. The summed E-state index contributed by atoms with van der Waals surface area (Å²) in [4.78, 5) is 25.2. The number of rotatable bonds is 38. The molecule has 0 aromatic carbocycles. The summed E-state index contributed by atoms with van der Waals surface area (Å²) < 4.78 is 8.99. The van der Waals surface area contributed by atoms with E-state index < -0.39 is 124 Å². The summed E-state index contributed by atoms with van der Waals surface area (Å²) in [6, 6.07) is 0. The summed E-state index contributed by atoms with van der Waals surface area (Å²) in [5, 5.41) is 261. The second-order valence-corrected chi connectivity index (χ2v) is 20.9. The van der Waals surface area contributed by atoms with Gasteiger partial charge in [0.05, 0.1) is 11.8 Å². The topological polar surface area (TPSA) is 541 Å². The summed E-state index contributed by atoms with van der Waals surface area (Å²) in [6.45, 7) is 0.956.